The molecule has 0 aliphatic carbocycles. The van der Waals surface area contributed by atoms with E-state index in [0.29, 0.717) is 24.6 Å². The molecule has 0 saturated carbocycles. The summed E-state index contributed by atoms with van der Waals surface area (Å²) in [5, 5.41) is 8.64. The Hall–Kier alpha value is -1.97. The number of thiazole rings is 1. The number of likely N-dealkylation sites (tertiary alicyclic amines) is 1. The van der Waals surface area contributed by atoms with Gasteiger partial charge >= 0.3 is 0 Å². The van der Waals surface area contributed by atoms with Gasteiger partial charge in [0.15, 0.2) is 9.34 Å². The molecule has 7 nitrogen and oxygen atoms in total. The Kier molecular flexibility index (Phi) is 4.83. The highest BCUT2D eigenvalue weighted by Gasteiger charge is 2.19. The van der Waals surface area contributed by atoms with E-state index in [2.05, 4.69) is 10.3 Å². The molecule has 1 aliphatic heterocycles. The molecule has 24 heavy (non-hydrogen) atoms. The van der Waals surface area contributed by atoms with Crippen LogP contribution < -0.4 is 10.5 Å². The van der Waals surface area contributed by atoms with Gasteiger partial charge in [-0.15, -0.1) is 0 Å². The molecule has 3 N–H and O–H groups in total. The number of sulfonamides is 1. The second-order valence-electron chi connectivity index (χ2n) is 5.62. The Bertz CT molecular complexity index is 831. The molecule has 1 amide bonds. The molecule has 1 aromatic heterocycles. The molecular weight excluding hydrogens is 348 g/mol. The summed E-state index contributed by atoms with van der Waals surface area (Å²) in [5.74, 6) is 0.218. The molecule has 1 aromatic carbocycles. The number of carbonyl (C=O) groups is 1. The summed E-state index contributed by atoms with van der Waals surface area (Å²) in [6, 6.07) is 7.97. The lowest BCUT2D eigenvalue weighted by molar-refractivity contribution is -0.128. The largest absolute Gasteiger partial charge is 0.357 e. The van der Waals surface area contributed by atoms with Crippen LogP contribution in [0.4, 0.5) is 5.13 Å². The zero-order valence-corrected chi connectivity index (χ0v) is 14.6. The zero-order chi connectivity index (χ0) is 17.2. The van der Waals surface area contributed by atoms with Gasteiger partial charge in [0.25, 0.3) is 0 Å². The van der Waals surface area contributed by atoms with Crippen molar-refractivity contribution < 1.29 is 13.2 Å². The van der Waals surface area contributed by atoms with Crippen molar-refractivity contribution in [2.45, 2.75) is 30.1 Å². The molecule has 0 spiro atoms. The van der Waals surface area contributed by atoms with Crippen LogP contribution in [-0.4, -0.2) is 30.8 Å². The topological polar surface area (TPSA) is 105 Å². The first kappa shape index (κ1) is 16.9. The monoisotopic (exact) mass is 366 g/mol. The number of amides is 1. The number of aromatic nitrogens is 1. The number of hydrogen-bond donors (Lipinski definition) is 2. The number of anilines is 1. The molecule has 9 heteroatoms. The highest BCUT2D eigenvalue weighted by atomic mass is 32.2. The first-order chi connectivity index (χ1) is 11.4. The summed E-state index contributed by atoms with van der Waals surface area (Å²) >= 11 is 1.00. The molecule has 0 unspecified atom stereocenters. The average molecular weight is 366 g/mol. The van der Waals surface area contributed by atoms with Crippen molar-refractivity contribution in [2.24, 2.45) is 5.14 Å². The van der Waals surface area contributed by atoms with Crippen molar-refractivity contribution in [3.05, 3.63) is 41.6 Å². The third kappa shape index (κ3) is 4.11. The van der Waals surface area contributed by atoms with Gasteiger partial charge in [-0.2, -0.15) is 0 Å². The number of carbonyl (C=O) groups excluding carboxylic acids is 1. The van der Waals surface area contributed by atoms with Gasteiger partial charge in [-0.05, 0) is 17.5 Å². The van der Waals surface area contributed by atoms with E-state index in [9.17, 15) is 13.2 Å². The van der Waals surface area contributed by atoms with Crippen molar-refractivity contribution in [1.29, 1.82) is 0 Å². The summed E-state index contributed by atoms with van der Waals surface area (Å²) in [6.07, 6.45) is 2.84. The molecule has 2 heterocycles. The molecular formula is C15H18N4O3S2. The van der Waals surface area contributed by atoms with E-state index in [4.69, 9.17) is 5.14 Å². The van der Waals surface area contributed by atoms with E-state index in [1.807, 2.05) is 29.2 Å². The summed E-state index contributed by atoms with van der Waals surface area (Å²) in [5.41, 5.74) is 2.14. The van der Waals surface area contributed by atoms with Crippen molar-refractivity contribution >= 4 is 32.4 Å². The molecule has 128 valence electrons. The first-order valence-electron chi connectivity index (χ1n) is 7.50. The normalized spacial score (nSPS) is 15.0. The van der Waals surface area contributed by atoms with Gasteiger partial charge in [-0.25, -0.2) is 18.5 Å². The molecule has 0 atom stereocenters. The standard InChI is InChI=1S/C15H18N4O3S2/c16-24(21,22)14-9-18-15(23-14)17-8-11-3-5-12(6-4-11)10-19-7-1-2-13(19)20/h3-6,9H,1-2,7-8,10H2,(H,17,18)(H2,16,21,22). The van der Waals surface area contributed by atoms with Crippen molar-refractivity contribution in [2.75, 3.05) is 11.9 Å². The summed E-state index contributed by atoms with van der Waals surface area (Å²) in [6.45, 7) is 2.01. The van der Waals surface area contributed by atoms with Crippen LogP contribution in [0.25, 0.3) is 0 Å². The maximum atomic E-state index is 11.6. The van der Waals surface area contributed by atoms with Crippen LogP contribution in [0.1, 0.15) is 24.0 Å². The SMILES string of the molecule is NS(=O)(=O)c1cnc(NCc2ccc(CN3CCCC3=O)cc2)s1. The number of nitrogens with zero attached hydrogens (tertiary/aromatic N) is 2. The van der Waals surface area contributed by atoms with Gasteiger partial charge in [0.1, 0.15) is 0 Å². The minimum absolute atomic E-state index is 0.0376. The highest BCUT2D eigenvalue weighted by Crippen LogP contribution is 2.22. The van der Waals surface area contributed by atoms with E-state index >= 15 is 0 Å². The van der Waals surface area contributed by atoms with Gasteiger partial charge < -0.3 is 10.2 Å². The molecule has 0 bridgehead atoms. The number of nitrogens with one attached hydrogen (secondary N) is 1. The second-order valence-corrected chi connectivity index (χ2v) is 8.44. The molecule has 1 fully saturated rings. The zero-order valence-electron chi connectivity index (χ0n) is 12.9. The van der Waals surface area contributed by atoms with Gasteiger partial charge in [0.05, 0.1) is 6.20 Å². The second kappa shape index (κ2) is 6.88. The van der Waals surface area contributed by atoms with Crippen LogP contribution in [0.2, 0.25) is 0 Å². The maximum absolute atomic E-state index is 11.6. The fourth-order valence-corrected chi connectivity index (χ4v) is 3.95. The lowest BCUT2D eigenvalue weighted by atomic mass is 10.1. The van der Waals surface area contributed by atoms with Crippen LogP contribution in [0.15, 0.2) is 34.7 Å². The van der Waals surface area contributed by atoms with Gasteiger partial charge in [0.2, 0.25) is 15.9 Å². The quantitative estimate of drug-likeness (QED) is 0.806. The fraction of sp³-hybridized carbons (Fsp3) is 0.333. The molecule has 1 saturated heterocycles. The smallest absolute Gasteiger partial charge is 0.249 e. The Morgan fingerprint density at radius 3 is 2.54 bits per heavy atom. The Morgan fingerprint density at radius 2 is 1.96 bits per heavy atom. The number of rotatable bonds is 6. The van der Waals surface area contributed by atoms with E-state index in [0.717, 1.165) is 35.4 Å². The molecule has 3 rings (SSSR count). The number of nitrogens with two attached hydrogens (primary N) is 1. The maximum Gasteiger partial charge on any atom is 0.249 e. The van der Waals surface area contributed by atoms with Crippen LogP contribution in [0.5, 0.6) is 0 Å². The first-order valence-corrected chi connectivity index (χ1v) is 9.86. The summed E-state index contributed by atoms with van der Waals surface area (Å²) in [4.78, 5) is 17.5. The Morgan fingerprint density at radius 1 is 1.25 bits per heavy atom. The van der Waals surface area contributed by atoms with Crippen LogP contribution in [0.3, 0.4) is 0 Å². The summed E-state index contributed by atoms with van der Waals surface area (Å²) < 4.78 is 22.5. The van der Waals surface area contributed by atoms with Gasteiger partial charge in [0, 0.05) is 26.1 Å². The highest BCUT2D eigenvalue weighted by molar-refractivity contribution is 7.91. The third-order valence-electron chi connectivity index (χ3n) is 3.78. The van der Waals surface area contributed by atoms with Crippen molar-refractivity contribution in [1.82, 2.24) is 9.88 Å². The fourth-order valence-electron chi connectivity index (χ4n) is 2.50. The minimum Gasteiger partial charge on any atom is -0.357 e. The van der Waals surface area contributed by atoms with Gasteiger partial charge in [-0.3, -0.25) is 4.79 Å². The molecule has 1 aliphatic rings. The van der Waals surface area contributed by atoms with E-state index in [-0.39, 0.29) is 10.1 Å². The van der Waals surface area contributed by atoms with E-state index < -0.39 is 10.0 Å². The Balaban J connectivity index is 1.56. The number of benzene rings is 1. The summed E-state index contributed by atoms with van der Waals surface area (Å²) in [7, 11) is -3.70. The minimum atomic E-state index is -3.70. The lowest BCUT2D eigenvalue weighted by Gasteiger charge is -2.15. The predicted octanol–water partition coefficient (Wildman–Crippen LogP) is 1.52. The Labute approximate surface area is 144 Å². The van der Waals surface area contributed by atoms with E-state index in [1.54, 1.807) is 0 Å². The van der Waals surface area contributed by atoms with Crippen molar-refractivity contribution in [3.8, 4) is 0 Å². The van der Waals surface area contributed by atoms with Gasteiger partial charge in [-0.1, -0.05) is 35.6 Å². The number of primary sulfonamides is 1. The lowest BCUT2D eigenvalue weighted by Crippen LogP contribution is -2.23. The van der Waals surface area contributed by atoms with Crippen LogP contribution in [-0.2, 0) is 27.9 Å². The van der Waals surface area contributed by atoms with Crippen LogP contribution in [0, 0.1) is 0 Å². The van der Waals surface area contributed by atoms with E-state index in [1.165, 1.54) is 6.20 Å². The third-order valence-corrected chi connectivity index (χ3v) is 6.14. The average Bonchev–Trinajstić information content (AvgIpc) is 3.16. The van der Waals surface area contributed by atoms with Crippen LogP contribution >= 0.6 is 11.3 Å². The molecule has 2 aromatic rings. The molecule has 0 radical (unpaired) electrons. The number of hydrogen-bond acceptors (Lipinski definition) is 6. The van der Waals surface area contributed by atoms with Crippen molar-refractivity contribution in [3.63, 3.8) is 0 Å². The predicted molar refractivity (Wildman–Crippen MR) is 91.9 cm³/mol.